The Labute approximate surface area is 132 Å². The normalized spacial score (nSPS) is 17.8. The molecule has 1 unspecified atom stereocenters. The van der Waals surface area contributed by atoms with E-state index in [9.17, 15) is 9.90 Å². The number of aromatic hydroxyl groups is 1. The van der Waals surface area contributed by atoms with E-state index in [1.807, 2.05) is 12.1 Å². The molecule has 1 aliphatic rings. The first-order valence-corrected chi connectivity index (χ1v) is 7.65. The maximum Gasteiger partial charge on any atom is 0.344 e. The van der Waals surface area contributed by atoms with Crippen molar-refractivity contribution >= 4 is 21.7 Å². The molecule has 2 aromatic carbocycles. The van der Waals surface area contributed by atoms with Crippen molar-refractivity contribution in [2.75, 3.05) is 13.2 Å². The predicted molar refractivity (Wildman–Crippen MR) is 86.1 cm³/mol. The van der Waals surface area contributed by atoms with Gasteiger partial charge in [-0.3, -0.25) is 0 Å². The van der Waals surface area contributed by atoms with E-state index in [4.69, 9.17) is 13.9 Å². The van der Waals surface area contributed by atoms with Gasteiger partial charge in [-0.2, -0.15) is 0 Å². The Balaban J connectivity index is 1.72. The topological polar surface area (TPSA) is 68.9 Å². The lowest BCUT2D eigenvalue weighted by molar-refractivity contribution is 0.0680. The molecular formula is C18H16O5. The monoisotopic (exact) mass is 312 g/mol. The molecule has 4 rings (SSSR count). The summed E-state index contributed by atoms with van der Waals surface area (Å²) in [6.45, 7) is 1.29. The fourth-order valence-electron chi connectivity index (χ4n) is 2.96. The zero-order valence-electron chi connectivity index (χ0n) is 12.5. The molecule has 1 aromatic heterocycles. The number of hydrogen-bond donors (Lipinski definition) is 1. The highest BCUT2D eigenvalue weighted by atomic mass is 16.5. The van der Waals surface area contributed by atoms with Crippen LogP contribution in [0.2, 0.25) is 0 Å². The lowest BCUT2D eigenvalue weighted by atomic mass is 10.1. The van der Waals surface area contributed by atoms with Crippen molar-refractivity contribution in [2.24, 2.45) is 0 Å². The summed E-state index contributed by atoms with van der Waals surface area (Å²) in [5.74, 6) is 0.690. The van der Waals surface area contributed by atoms with Crippen molar-refractivity contribution in [2.45, 2.75) is 18.9 Å². The number of hydrogen-bond acceptors (Lipinski definition) is 5. The van der Waals surface area contributed by atoms with Crippen LogP contribution in [0.15, 0.2) is 45.6 Å². The van der Waals surface area contributed by atoms with Crippen LogP contribution in [0.25, 0.3) is 21.7 Å². The fraction of sp³-hybridized carbons (Fsp3) is 0.278. The molecule has 0 radical (unpaired) electrons. The number of rotatable bonds is 3. The summed E-state index contributed by atoms with van der Waals surface area (Å²) in [5.41, 5.74) is -0.00212. The summed E-state index contributed by atoms with van der Waals surface area (Å²) in [4.78, 5) is 12.1. The Morgan fingerprint density at radius 2 is 2.00 bits per heavy atom. The highest BCUT2D eigenvalue weighted by Gasteiger charge is 2.16. The van der Waals surface area contributed by atoms with Crippen molar-refractivity contribution in [3.05, 3.63) is 46.8 Å². The van der Waals surface area contributed by atoms with Crippen LogP contribution in [-0.4, -0.2) is 24.4 Å². The van der Waals surface area contributed by atoms with E-state index in [-0.39, 0.29) is 11.9 Å². The number of benzene rings is 2. The van der Waals surface area contributed by atoms with Gasteiger partial charge in [-0.05, 0) is 43.2 Å². The van der Waals surface area contributed by atoms with E-state index >= 15 is 0 Å². The van der Waals surface area contributed by atoms with Gasteiger partial charge >= 0.3 is 5.63 Å². The van der Waals surface area contributed by atoms with E-state index in [0.29, 0.717) is 23.3 Å². The molecule has 0 spiro atoms. The summed E-state index contributed by atoms with van der Waals surface area (Å²) in [5, 5.41) is 11.5. The number of fused-ring (bicyclic) bond motifs is 3. The summed E-state index contributed by atoms with van der Waals surface area (Å²) in [7, 11) is 0. The lowest BCUT2D eigenvalue weighted by Crippen LogP contribution is -2.16. The Hall–Kier alpha value is -2.53. The fourth-order valence-corrected chi connectivity index (χ4v) is 2.96. The molecule has 1 fully saturated rings. The maximum absolute atomic E-state index is 12.1. The minimum Gasteiger partial charge on any atom is -0.508 e. The van der Waals surface area contributed by atoms with Crippen molar-refractivity contribution < 1.29 is 19.0 Å². The van der Waals surface area contributed by atoms with Crippen LogP contribution in [0.5, 0.6) is 11.5 Å². The van der Waals surface area contributed by atoms with Crippen molar-refractivity contribution in [1.29, 1.82) is 0 Å². The van der Waals surface area contributed by atoms with Gasteiger partial charge in [0.25, 0.3) is 0 Å². The Morgan fingerprint density at radius 3 is 2.83 bits per heavy atom. The van der Waals surface area contributed by atoms with Crippen LogP contribution in [0, 0.1) is 0 Å². The molecule has 118 valence electrons. The smallest absolute Gasteiger partial charge is 0.344 e. The van der Waals surface area contributed by atoms with Gasteiger partial charge in [0, 0.05) is 23.4 Å². The average Bonchev–Trinajstić information content (AvgIpc) is 3.06. The Kier molecular flexibility index (Phi) is 3.42. The SMILES string of the molecule is O=c1oc2cc(OCC3CCCO3)ccc2c2ccc(O)cc12. The minimum atomic E-state index is -0.473. The molecule has 0 bridgehead atoms. The Bertz CT molecular complexity index is 922. The van der Waals surface area contributed by atoms with Crippen LogP contribution >= 0.6 is 0 Å². The van der Waals surface area contributed by atoms with Crippen molar-refractivity contribution in [3.63, 3.8) is 0 Å². The van der Waals surface area contributed by atoms with Gasteiger partial charge in [0.2, 0.25) is 0 Å². The standard InChI is InChI=1S/C18H16O5/c19-11-3-5-14-15-6-4-12(22-10-13-2-1-7-21-13)9-17(15)23-18(20)16(14)8-11/h3-6,8-9,13,19H,1-2,7,10H2. The van der Waals surface area contributed by atoms with Gasteiger partial charge in [-0.1, -0.05) is 0 Å². The second-order valence-electron chi connectivity index (χ2n) is 5.72. The first kappa shape index (κ1) is 14.1. The van der Waals surface area contributed by atoms with Gasteiger partial charge in [0.1, 0.15) is 23.7 Å². The van der Waals surface area contributed by atoms with E-state index < -0.39 is 5.63 Å². The number of ether oxygens (including phenoxy) is 2. The van der Waals surface area contributed by atoms with Crippen molar-refractivity contribution in [3.8, 4) is 11.5 Å². The van der Waals surface area contributed by atoms with E-state index in [0.717, 1.165) is 30.2 Å². The summed E-state index contributed by atoms with van der Waals surface area (Å²) < 4.78 is 16.6. The molecule has 3 aromatic rings. The molecule has 1 N–H and O–H groups in total. The van der Waals surface area contributed by atoms with Crippen LogP contribution in [0.1, 0.15) is 12.8 Å². The van der Waals surface area contributed by atoms with Gasteiger partial charge in [-0.25, -0.2) is 4.79 Å². The Morgan fingerprint density at radius 1 is 1.13 bits per heavy atom. The predicted octanol–water partition coefficient (Wildman–Crippen LogP) is 3.21. The van der Waals surface area contributed by atoms with Gasteiger partial charge in [-0.15, -0.1) is 0 Å². The maximum atomic E-state index is 12.1. The highest BCUT2D eigenvalue weighted by Crippen LogP contribution is 2.28. The molecule has 0 amide bonds. The molecule has 23 heavy (non-hydrogen) atoms. The summed E-state index contributed by atoms with van der Waals surface area (Å²) in [6.07, 6.45) is 2.22. The third kappa shape index (κ3) is 2.64. The molecule has 1 saturated heterocycles. The van der Waals surface area contributed by atoms with E-state index in [1.54, 1.807) is 18.2 Å². The number of phenols is 1. The first-order valence-electron chi connectivity index (χ1n) is 7.65. The second kappa shape index (κ2) is 5.59. The van der Waals surface area contributed by atoms with Crippen molar-refractivity contribution in [1.82, 2.24) is 0 Å². The number of phenolic OH excluding ortho intramolecular Hbond substituents is 1. The van der Waals surface area contributed by atoms with Gasteiger partial charge in [0.05, 0.1) is 11.5 Å². The van der Waals surface area contributed by atoms with Crippen LogP contribution < -0.4 is 10.4 Å². The van der Waals surface area contributed by atoms with Crippen LogP contribution in [-0.2, 0) is 4.74 Å². The molecule has 1 aliphatic heterocycles. The second-order valence-corrected chi connectivity index (χ2v) is 5.72. The zero-order valence-corrected chi connectivity index (χ0v) is 12.5. The molecule has 1 atom stereocenters. The molecule has 5 nitrogen and oxygen atoms in total. The van der Waals surface area contributed by atoms with Gasteiger partial charge < -0.3 is 19.0 Å². The first-order chi connectivity index (χ1) is 11.2. The molecule has 2 heterocycles. The van der Waals surface area contributed by atoms with Crippen LogP contribution in [0.4, 0.5) is 0 Å². The quantitative estimate of drug-likeness (QED) is 0.594. The van der Waals surface area contributed by atoms with E-state index in [2.05, 4.69) is 0 Å². The van der Waals surface area contributed by atoms with E-state index in [1.165, 1.54) is 6.07 Å². The largest absolute Gasteiger partial charge is 0.508 e. The average molecular weight is 312 g/mol. The summed E-state index contributed by atoms with van der Waals surface area (Å²) >= 11 is 0. The highest BCUT2D eigenvalue weighted by molar-refractivity contribution is 6.04. The van der Waals surface area contributed by atoms with Crippen LogP contribution in [0.3, 0.4) is 0 Å². The third-order valence-electron chi connectivity index (χ3n) is 4.13. The lowest BCUT2D eigenvalue weighted by Gasteiger charge is -2.12. The minimum absolute atomic E-state index is 0.0423. The molecular weight excluding hydrogens is 296 g/mol. The molecule has 0 aliphatic carbocycles. The third-order valence-corrected chi connectivity index (χ3v) is 4.13. The zero-order chi connectivity index (χ0) is 15.8. The summed E-state index contributed by atoms with van der Waals surface area (Å²) in [6, 6.07) is 10.1. The van der Waals surface area contributed by atoms with Gasteiger partial charge in [0.15, 0.2) is 0 Å². The molecule has 0 saturated carbocycles. The molecule has 5 heteroatoms.